The summed E-state index contributed by atoms with van der Waals surface area (Å²) < 4.78 is 5.08. The van der Waals surface area contributed by atoms with Crippen molar-refractivity contribution in [2.45, 2.75) is 25.3 Å². The molecule has 3 N–H and O–H groups in total. The third-order valence-electron chi connectivity index (χ3n) is 3.50. The molecule has 0 aliphatic heterocycles. The van der Waals surface area contributed by atoms with Gasteiger partial charge in [0.05, 0.1) is 23.8 Å². The van der Waals surface area contributed by atoms with E-state index in [1.54, 1.807) is 0 Å². The second-order valence-electron chi connectivity index (χ2n) is 4.90. The van der Waals surface area contributed by atoms with Gasteiger partial charge in [-0.1, -0.05) is 0 Å². The summed E-state index contributed by atoms with van der Waals surface area (Å²) in [7, 11) is 1.40. The van der Waals surface area contributed by atoms with Gasteiger partial charge in [0.15, 0.2) is 0 Å². The van der Waals surface area contributed by atoms with Crippen LogP contribution in [0.5, 0.6) is 5.75 Å². The fourth-order valence-electron chi connectivity index (χ4n) is 2.39. The van der Waals surface area contributed by atoms with Gasteiger partial charge < -0.3 is 15.8 Å². The summed E-state index contributed by atoms with van der Waals surface area (Å²) in [6.07, 6.45) is 2.28. The van der Waals surface area contributed by atoms with Crippen molar-refractivity contribution in [1.29, 1.82) is 0 Å². The Morgan fingerprint density at radius 2 is 2.25 bits per heavy atom. The Balaban J connectivity index is 2.12. The van der Waals surface area contributed by atoms with Crippen LogP contribution in [0.3, 0.4) is 0 Å². The van der Waals surface area contributed by atoms with E-state index in [9.17, 15) is 14.9 Å². The van der Waals surface area contributed by atoms with Crippen molar-refractivity contribution in [2.24, 2.45) is 11.7 Å². The van der Waals surface area contributed by atoms with E-state index in [2.05, 4.69) is 5.32 Å². The molecule has 0 saturated heterocycles. The molecule has 7 heteroatoms. The minimum atomic E-state index is -0.510. The number of ether oxygens (including phenoxy) is 1. The second kappa shape index (κ2) is 5.87. The summed E-state index contributed by atoms with van der Waals surface area (Å²) in [5, 5.41) is 13.4. The van der Waals surface area contributed by atoms with Crippen molar-refractivity contribution in [1.82, 2.24) is 0 Å². The quantitative estimate of drug-likeness (QED) is 0.644. The number of hydrogen-bond acceptors (Lipinski definition) is 5. The van der Waals surface area contributed by atoms with Gasteiger partial charge in [-0.3, -0.25) is 14.9 Å². The Bertz CT molecular complexity index is 532. The summed E-state index contributed by atoms with van der Waals surface area (Å²) in [5.74, 6) is 0.0462. The molecule has 0 radical (unpaired) electrons. The van der Waals surface area contributed by atoms with Crippen LogP contribution in [-0.2, 0) is 4.79 Å². The molecule has 7 nitrogen and oxygen atoms in total. The number of carbonyl (C=O) groups excluding carboxylic acids is 1. The van der Waals surface area contributed by atoms with Gasteiger partial charge in [-0.05, 0) is 25.3 Å². The average molecular weight is 279 g/mol. The van der Waals surface area contributed by atoms with Gasteiger partial charge in [0.25, 0.3) is 5.69 Å². The van der Waals surface area contributed by atoms with Gasteiger partial charge in [0.1, 0.15) is 5.75 Å². The molecule has 108 valence electrons. The summed E-state index contributed by atoms with van der Waals surface area (Å²) in [6, 6.07) is 4.17. The monoisotopic (exact) mass is 279 g/mol. The Morgan fingerprint density at radius 1 is 1.50 bits per heavy atom. The zero-order valence-corrected chi connectivity index (χ0v) is 11.2. The second-order valence-corrected chi connectivity index (χ2v) is 4.90. The van der Waals surface area contributed by atoms with Crippen LogP contribution in [0.15, 0.2) is 18.2 Å². The maximum atomic E-state index is 12.1. The largest absolute Gasteiger partial charge is 0.494 e. The highest BCUT2D eigenvalue weighted by atomic mass is 16.6. The zero-order chi connectivity index (χ0) is 14.7. The van der Waals surface area contributed by atoms with Crippen LogP contribution < -0.4 is 15.8 Å². The van der Waals surface area contributed by atoms with E-state index >= 15 is 0 Å². The average Bonchev–Trinajstić information content (AvgIpc) is 2.85. The normalized spacial score (nSPS) is 21.5. The first kappa shape index (κ1) is 14.3. The van der Waals surface area contributed by atoms with Crippen molar-refractivity contribution in [3.05, 3.63) is 28.3 Å². The molecule has 20 heavy (non-hydrogen) atoms. The molecule has 1 aliphatic carbocycles. The number of nitrogens with one attached hydrogen (secondary N) is 1. The van der Waals surface area contributed by atoms with Crippen LogP contribution in [0.4, 0.5) is 11.4 Å². The molecule has 2 atom stereocenters. The van der Waals surface area contributed by atoms with E-state index < -0.39 is 4.92 Å². The molecule has 1 aromatic rings. The first-order chi connectivity index (χ1) is 9.51. The van der Waals surface area contributed by atoms with Crippen LogP contribution in [0, 0.1) is 16.0 Å². The molecule has 1 amide bonds. The topological polar surface area (TPSA) is 107 Å². The SMILES string of the molecule is COc1cc([N+](=O)[O-])ccc1NC(=O)C1CCC(N)C1. The van der Waals surface area contributed by atoms with Gasteiger partial charge in [-0.15, -0.1) is 0 Å². The minimum Gasteiger partial charge on any atom is -0.494 e. The highest BCUT2D eigenvalue weighted by molar-refractivity contribution is 5.94. The number of methoxy groups -OCH3 is 1. The number of nitro groups is 1. The molecular formula is C13H17N3O4. The van der Waals surface area contributed by atoms with Crippen molar-refractivity contribution < 1.29 is 14.5 Å². The van der Waals surface area contributed by atoms with Gasteiger partial charge >= 0.3 is 0 Å². The lowest BCUT2D eigenvalue weighted by atomic mass is 10.1. The highest BCUT2D eigenvalue weighted by Gasteiger charge is 2.28. The lowest BCUT2D eigenvalue weighted by Gasteiger charge is -2.13. The maximum Gasteiger partial charge on any atom is 0.273 e. The number of nitrogens with zero attached hydrogens (tertiary/aromatic N) is 1. The first-order valence-corrected chi connectivity index (χ1v) is 6.40. The standard InChI is InChI=1S/C13H17N3O4/c1-20-12-7-10(16(18)19)4-5-11(12)15-13(17)8-2-3-9(14)6-8/h4-5,7-9H,2-3,6,14H2,1H3,(H,15,17). The summed E-state index contributed by atoms with van der Waals surface area (Å²) in [6.45, 7) is 0. The van der Waals surface area contributed by atoms with Gasteiger partial charge in [0.2, 0.25) is 5.91 Å². The Morgan fingerprint density at radius 3 is 2.80 bits per heavy atom. The third kappa shape index (κ3) is 3.05. The van der Waals surface area contributed by atoms with Gasteiger partial charge in [0, 0.05) is 18.0 Å². The molecule has 1 aliphatic rings. The molecule has 1 saturated carbocycles. The van der Waals surface area contributed by atoms with Crippen molar-refractivity contribution >= 4 is 17.3 Å². The molecule has 1 aromatic carbocycles. The number of nitrogens with two attached hydrogens (primary N) is 1. The molecule has 0 spiro atoms. The lowest BCUT2D eigenvalue weighted by Crippen LogP contribution is -2.23. The van der Waals surface area contributed by atoms with E-state index in [1.165, 1.54) is 25.3 Å². The van der Waals surface area contributed by atoms with E-state index in [0.717, 1.165) is 12.8 Å². The minimum absolute atomic E-state index is 0.0736. The molecule has 0 heterocycles. The predicted octanol–water partition coefficient (Wildman–Crippen LogP) is 1.67. The third-order valence-corrected chi connectivity index (χ3v) is 3.50. The number of nitro benzene ring substituents is 1. The first-order valence-electron chi connectivity index (χ1n) is 6.40. The summed E-state index contributed by atoms with van der Waals surface area (Å²) >= 11 is 0. The molecule has 2 rings (SSSR count). The Hall–Kier alpha value is -2.15. The number of hydrogen-bond donors (Lipinski definition) is 2. The van der Waals surface area contributed by atoms with Crippen molar-refractivity contribution in [3.63, 3.8) is 0 Å². The summed E-state index contributed by atoms with van der Waals surface area (Å²) in [5.41, 5.74) is 6.14. The van der Waals surface area contributed by atoms with Crippen LogP contribution in [0.1, 0.15) is 19.3 Å². The van der Waals surface area contributed by atoms with Gasteiger partial charge in [-0.25, -0.2) is 0 Å². The van der Waals surface area contributed by atoms with E-state index in [4.69, 9.17) is 10.5 Å². The molecular weight excluding hydrogens is 262 g/mol. The van der Waals surface area contributed by atoms with Crippen LogP contribution in [0.2, 0.25) is 0 Å². The Kier molecular flexibility index (Phi) is 4.19. The number of non-ortho nitro benzene ring substituents is 1. The number of amides is 1. The highest BCUT2D eigenvalue weighted by Crippen LogP contribution is 2.31. The fraction of sp³-hybridized carbons (Fsp3) is 0.462. The van der Waals surface area contributed by atoms with Crippen LogP contribution in [-0.4, -0.2) is 24.0 Å². The number of anilines is 1. The smallest absolute Gasteiger partial charge is 0.273 e. The fourth-order valence-corrected chi connectivity index (χ4v) is 2.39. The van der Waals surface area contributed by atoms with Gasteiger partial charge in [-0.2, -0.15) is 0 Å². The molecule has 0 bridgehead atoms. The predicted molar refractivity (Wildman–Crippen MR) is 73.6 cm³/mol. The molecule has 2 unspecified atom stereocenters. The van der Waals surface area contributed by atoms with Crippen molar-refractivity contribution in [2.75, 3.05) is 12.4 Å². The van der Waals surface area contributed by atoms with E-state index in [0.29, 0.717) is 12.1 Å². The lowest BCUT2D eigenvalue weighted by molar-refractivity contribution is -0.384. The molecule has 0 aromatic heterocycles. The molecule has 1 fully saturated rings. The maximum absolute atomic E-state index is 12.1. The van der Waals surface area contributed by atoms with E-state index in [1.807, 2.05) is 0 Å². The number of rotatable bonds is 4. The van der Waals surface area contributed by atoms with E-state index in [-0.39, 0.29) is 29.3 Å². The number of benzene rings is 1. The van der Waals surface area contributed by atoms with Crippen LogP contribution >= 0.6 is 0 Å². The Labute approximate surface area is 116 Å². The van der Waals surface area contributed by atoms with Crippen molar-refractivity contribution in [3.8, 4) is 5.75 Å². The number of carbonyl (C=O) groups is 1. The zero-order valence-electron chi connectivity index (χ0n) is 11.2. The summed E-state index contributed by atoms with van der Waals surface area (Å²) in [4.78, 5) is 22.3. The van der Waals surface area contributed by atoms with Crippen LogP contribution in [0.25, 0.3) is 0 Å².